The van der Waals surface area contributed by atoms with E-state index in [9.17, 15) is 0 Å². The molecule has 0 saturated carbocycles. The first-order chi connectivity index (χ1) is 8.84. The second-order valence-electron chi connectivity index (χ2n) is 4.70. The fourth-order valence-corrected chi connectivity index (χ4v) is 3.01. The van der Waals surface area contributed by atoms with Gasteiger partial charge in [0.05, 0.1) is 15.8 Å². The third-order valence-corrected chi connectivity index (χ3v) is 4.45. The fraction of sp³-hybridized carbons (Fsp3) is 0.583. The van der Waals surface area contributed by atoms with Crippen molar-refractivity contribution in [1.29, 1.82) is 0 Å². The molecule has 3 heterocycles. The lowest BCUT2D eigenvalue weighted by Crippen LogP contribution is -2.43. The van der Waals surface area contributed by atoms with Crippen LogP contribution in [0.15, 0.2) is 16.2 Å². The van der Waals surface area contributed by atoms with Crippen molar-refractivity contribution in [2.45, 2.75) is 31.6 Å². The van der Waals surface area contributed by atoms with Crippen molar-refractivity contribution in [3.63, 3.8) is 0 Å². The zero-order valence-corrected chi connectivity index (χ0v) is 11.2. The summed E-state index contributed by atoms with van der Waals surface area (Å²) < 4.78 is 5.50. The Kier molecular flexibility index (Phi) is 3.13. The van der Waals surface area contributed by atoms with E-state index in [0.29, 0.717) is 5.82 Å². The molecule has 1 N–H and O–H groups in total. The zero-order valence-electron chi connectivity index (χ0n) is 10.3. The summed E-state index contributed by atoms with van der Waals surface area (Å²) in [5.74, 6) is 1.42. The minimum absolute atomic E-state index is 0.00812. The molecule has 5 nitrogen and oxygen atoms in total. The van der Waals surface area contributed by atoms with Gasteiger partial charge in [-0.15, -0.1) is 11.3 Å². The van der Waals surface area contributed by atoms with Crippen LogP contribution in [0.5, 0.6) is 0 Å². The van der Waals surface area contributed by atoms with Gasteiger partial charge in [-0.05, 0) is 25.8 Å². The molecule has 0 aromatic carbocycles. The van der Waals surface area contributed by atoms with E-state index in [1.807, 2.05) is 0 Å². The summed E-state index contributed by atoms with van der Waals surface area (Å²) in [5.41, 5.74) is 1.79. The Labute approximate surface area is 110 Å². The lowest BCUT2D eigenvalue weighted by molar-refractivity contribution is 0.221. The van der Waals surface area contributed by atoms with Crippen LogP contribution in [0.1, 0.15) is 32.1 Å². The van der Waals surface area contributed by atoms with Gasteiger partial charge in [0.2, 0.25) is 11.7 Å². The molecule has 3 rings (SSSR count). The van der Waals surface area contributed by atoms with Gasteiger partial charge >= 0.3 is 0 Å². The Hall–Kier alpha value is -1.27. The van der Waals surface area contributed by atoms with E-state index in [-0.39, 0.29) is 5.41 Å². The number of piperidine rings is 1. The van der Waals surface area contributed by atoms with Crippen molar-refractivity contribution in [2.75, 3.05) is 13.1 Å². The molecule has 6 heteroatoms. The van der Waals surface area contributed by atoms with Crippen LogP contribution < -0.4 is 5.32 Å². The average Bonchev–Trinajstić information content (AvgIpc) is 3.10. The second-order valence-corrected chi connectivity index (χ2v) is 5.59. The number of hydrogen-bond donors (Lipinski definition) is 1. The molecule has 0 spiro atoms. The van der Waals surface area contributed by atoms with Crippen molar-refractivity contribution < 1.29 is 4.52 Å². The highest BCUT2D eigenvalue weighted by atomic mass is 32.1. The minimum atomic E-state index is 0.00812. The van der Waals surface area contributed by atoms with Gasteiger partial charge in [0.1, 0.15) is 0 Å². The maximum absolute atomic E-state index is 5.50. The van der Waals surface area contributed by atoms with Crippen LogP contribution in [-0.2, 0) is 5.41 Å². The quantitative estimate of drug-likeness (QED) is 0.921. The summed E-state index contributed by atoms with van der Waals surface area (Å²) in [6, 6.07) is 0. The molecule has 1 aliphatic rings. The maximum atomic E-state index is 5.50. The Balaban J connectivity index is 1.92. The van der Waals surface area contributed by atoms with Gasteiger partial charge in [-0.25, -0.2) is 0 Å². The molecule has 0 bridgehead atoms. The Morgan fingerprint density at radius 2 is 2.50 bits per heavy atom. The summed E-state index contributed by atoms with van der Waals surface area (Å²) in [7, 11) is 0. The number of aromatic nitrogens is 3. The summed E-state index contributed by atoms with van der Waals surface area (Å²) >= 11 is 1.53. The summed E-state index contributed by atoms with van der Waals surface area (Å²) in [6.07, 6.45) is 5.06. The highest BCUT2D eigenvalue weighted by molar-refractivity contribution is 7.13. The molecule has 0 radical (unpaired) electrons. The van der Waals surface area contributed by atoms with E-state index in [1.165, 1.54) is 11.3 Å². The van der Waals surface area contributed by atoms with Crippen molar-refractivity contribution in [2.24, 2.45) is 0 Å². The molecule has 2 aromatic rings. The molecule has 1 saturated heterocycles. The minimum Gasteiger partial charge on any atom is -0.338 e. The zero-order chi connectivity index (χ0) is 12.4. The number of thiazole rings is 1. The van der Waals surface area contributed by atoms with Crippen molar-refractivity contribution in [1.82, 2.24) is 20.4 Å². The molecule has 96 valence electrons. The highest BCUT2D eigenvalue weighted by Crippen LogP contribution is 2.34. The van der Waals surface area contributed by atoms with Crippen LogP contribution >= 0.6 is 11.3 Å². The van der Waals surface area contributed by atoms with Gasteiger partial charge in [0.15, 0.2) is 0 Å². The van der Waals surface area contributed by atoms with Crippen molar-refractivity contribution in [3.8, 4) is 10.7 Å². The summed E-state index contributed by atoms with van der Waals surface area (Å²) in [6.45, 7) is 4.19. The predicted octanol–water partition coefficient (Wildman–Crippen LogP) is 2.22. The number of rotatable bonds is 3. The van der Waals surface area contributed by atoms with Gasteiger partial charge in [-0.1, -0.05) is 12.1 Å². The van der Waals surface area contributed by atoms with Crippen LogP contribution in [0.25, 0.3) is 10.7 Å². The first kappa shape index (κ1) is 11.8. The van der Waals surface area contributed by atoms with E-state index in [1.54, 1.807) is 11.7 Å². The normalized spacial score (nSPS) is 24.3. The van der Waals surface area contributed by atoms with Gasteiger partial charge < -0.3 is 9.84 Å². The molecule has 0 amide bonds. The third kappa shape index (κ3) is 1.95. The van der Waals surface area contributed by atoms with Crippen LogP contribution in [0.3, 0.4) is 0 Å². The first-order valence-corrected chi connectivity index (χ1v) is 7.16. The van der Waals surface area contributed by atoms with E-state index in [2.05, 4.69) is 27.4 Å². The summed E-state index contributed by atoms with van der Waals surface area (Å²) in [4.78, 5) is 9.57. The lowest BCUT2D eigenvalue weighted by atomic mass is 9.78. The fourth-order valence-electron chi connectivity index (χ4n) is 2.47. The molecule has 1 fully saturated rings. The molecule has 0 aliphatic carbocycles. The first-order valence-electron chi connectivity index (χ1n) is 6.28. The topological polar surface area (TPSA) is 63.8 Å². The number of hydrogen-bond acceptors (Lipinski definition) is 6. The maximum Gasteiger partial charge on any atom is 0.234 e. The average molecular weight is 264 g/mol. The van der Waals surface area contributed by atoms with E-state index < -0.39 is 0 Å². The van der Waals surface area contributed by atoms with Gasteiger partial charge in [-0.3, -0.25) is 4.98 Å². The molecule has 18 heavy (non-hydrogen) atoms. The standard InChI is InChI=1S/C12H16N4OS/c1-2-12(4-3-5-13-7-12)11-15-10(16-17-11)9-6-14-8-18-9/h6,8,13H,2-5,7H2,1H3. The molecule has 1 atom stereocenters. The molecule has 1 aliphatic heterocycles. The van der Waals surface area contributed by atoms with Crippen molar-refractivity contribution in [3.05, 3.63) is 17.6 Å². The SMILES string of the molecule is CCC1(c2nc(-c3cncs3)no2)CCCNC1. The Morgan fingerprint density at radius 3 is 3.17 bits per heavy atom. The van der Waals surface area contributed by atoms with Crippen LogP contribution in [0.4, 0.5) is 0 Å². The van der Waals surface area contributed by atoms with Gasteiger partial charge in [0, 0.05) is 12.7 Å². The van der Waals surface area contributed by atoms with Crippen LogP contribution in [0.2, 0.25) is 0 Å². The van der Waals surface area contributed by atoms with Crippen LogP contribution in [-0.4, -0.2) is 28.2 Å². The third-order valence-electron chi connectivity index (χ3n) is 3.68. The predicted molar refractivity (Wildman–Crippen MR) is 69.5 cm³/mol. The van der Waals surface area contributed by atoms with E-state index in [4.69, 9.17) is 4.52 Å². The second kappa shape index (κ2) is 4.78. The molecule has 2 aromatic heterocycles. The number of nitrogens with zero attached hydrogens (tertiary/aromatic N) is 3. The van der Waals surface area contributed by atoms with Crippen molar-refractivity contribution >= 4 is 11.3 Å². The summed E-state index contributed by atoms with van der Waals surface area (Å²) in [5, 5.41) is 7.51. The Morgan fingerprint density at radius 1 is 1.56 bits per heavy atom. The largest absolute Gasteiger partial charge is 0.338 e. The van der Waals surface area contributed by atoms with Gasteiger partial charge in [0.25, 0.3) is 0 Å². The lowest BCUT2D eigenvalue weighted by Gasteiger charge is -2.33. The smallest absolute Gasteiger partial charge is 0.234 e. The molecule has 1 unspecified atom stereocenters. The monoisotopic (exact) mass is 264 g/mol. The van der Waals surface area contributed by atoms with E-state index >= 15 is 0 Å². The van der Waals surface area contributed by atoms with Crippen LogP contribution in [0, 0.1) is 0 Å². The Bertz CT molecular complexity index is 502. The van der Waals surface area contributed by atoms with Gasteiger partial charge in [-0.2, -0.15) is 4.98 Å². The highest BCUT2D eigenvalue weighted by Gasteiger charge is 2.37. The molecular formula is C12H16N4OS. The number of nitrogens with one attached hydrogen (secondary N) is 1. The van der Waals surface area contributed by atoms with E-state index in [0.717, 1.165) is 43.1 Å². The molecular weight excluding hydrogens is 248 g/mol.